The normalized spacial score (nSPS) is 15.0. The fraction of sp³-hybridized carbons (Fsp3) is 0.188. The van der Waals surface area contributed by atoms with Gasteiger partial charge >= 0.3 is 0 Å². The minimum atomic E-state index is -4.03. The standard InChI is InChI=1S/C16H15FN2O3S/c17-14-7-1-2-8-15(14)23(21,22)18-12-5-3-6-13(11-12)19-10-4-9-16(19)20/h1-3,5-8,11,18H,4,9-10H2. The Morgan fingerprint density at radius 3 is 2.57 bits per heavy atom. The molecule has 0 saturated carbocycles. The maximum Gasteiger partial charge on any atom is 0.264 e. The molecule has 0 radical (unpaired) electrons. The molecule has 2 aromatic rings. The number of amides is 1. The predicted octanol–water partition coefficient (Wildman–Crippen LogP) is 2.75. The number of halogens is 1. The molecule has 0 spiro atoms. The molecule has 1 aliphatic rings. The van der Waals surface area contributed by atoms with Crippen LogP contribution in [0.25, 0.3) is 0 Å². The summed E-state index contributed by atoms with van der Waals surface area (Å²) in [5.41, 5.74) is 0.909. The minimum absolute atomic E-state index is 0.0131. The van der Waals surface area contributed by atoms with E-state index in [2.05, 4.69) is 4.72 Å². The van der Waals surface area contributed by atoms with Crippen molar-refractivity contribution in [2.75, 3.05) is 16.2 Å². The summed E-state index contributed by atoms with van der Waals surface area (Å²) in [6.07, 6.45) is 1.27. The first-order valence-electron chi connectivity index (χ1n) is 7.15. The molecule has 2 aromatic carbocycles. The molecule has 120 valence electrons. The molecule has 0 bridgehead atoms. The van der Waals surface area contributed by atoms with Gasteiger partial charge in [0.15, 0.2) is 0 Å². The second-order valence-electron chi connectivity index (χ2n) is 5.24. The van der Waals surface area contributed by atoms with Crippen molar-refractivity contribution in [1.29, 1.82) is 0 Å². The van der Waals surface area contributed by atoms with Crippen LogP contribution in [-0.2, 0) is 14.8 Å². The maximum absolute atomic E-state index is 13.7. The van der Waals surface area contributed by atoms with Crippen LogP contribution in [0.15, 0.2) is 53.4 Å². The van der Waals surface area contributed by atoms with E-state index in [1.54, 1.807) is 29.2 Å². The Balaban J connectivity index is 1.89. The van der Waals surface area contributed by atoms with E-state index in [9.17, 15) is 17.6 Å². The fourth-order valence-electron chi connectivity index (χ4n) is 2.53. The van der Waals surface area contributed by atoms with Crippen molar-refractivity contribution in [3.05, 3.63) is 54.3 Å². The Bertz CT molecular complexity index is 852. The van der Waals surface area contributed by atoms with E-state index in [-0.39, 0.29) is 11.6 Å². The summed E-state index contributed by atoms with van der Waals surface area (Å²) in [6, 6.07) is 11.7. The third kappa shape index (κ3) is 3.19. The van der Waals surface area contributed by atoms with Gasteiger partial charge in [-0.3, -0.25) is 9.52 Å². The summed E-state index contributed by atoms with van der Waals surface area (Å²) >= 11 is 0. The van der Waals surface area contributed by atoms with Crippen molar-refractivity contribution in [3.63, 3.8) is 0 Å². The molecule has 5 nitrogen and oxygen atoms in total. The molecular weight excluding hydrogens is 319 g/mol. The number of hydrogen-bond donors (Lipinski definition) is 1. The highest BCUT2D eigenvalue weighted by Crippen LogP contribution is 2.26. The predicted molar refractivity (Wildman–Crippen MR) is 85.2 cm³/mol. The Morgan fingerprint density at radius 1 is 1.09 bits per heavy atom. The minimum Gasteiger partial charge on any atom is -0.312 e. The first-order chi connectivity index (χ1) is 11.0. The zero-order chi connectivity index (χ0) is 16.4. The molecule has 1 fully saturated rings. The average Bonchev–Trinajstić information content (AvgIpc) is 2.93. The summed E-state index contributed by atoms with van der Waals surface area (Å²) in [5, 5.41) is 0. The quantitative estimate of drug-likeness (QED) is 0.935. The molecule has 0 atom stereocenters. The van der Waals surface area contributed by atoms with Crippen molar-refractivity contribution in [2.45, 2.75) is 17.7 Å². The molecule has 23 heavy (non-hydrogen) atoms. The smallest absolute Gasteiger partial charge is 0.264 e. The summed E-state index contributed by atoms with van der Waals surface area (Å²) in [6.45, 7) is 0.613. The van der Waals surface area contributed by atoms with Crippen LogP contribution in [0.2, 0.25) is 0 Å². The second kappa shape index (κ2) is 6.00. The fourth-order valence-corrected chi connectivity index (χ4v) is 3.66. The number of sulfonamides is 1. The molecule has 1 N–H and O–H groups in total. The van der Waals surface area contributed by atoms with Gasteiger partial charge in [0.2, 0.25) is 5.91 Å². The van der Waals surface area contributed by atoms with Gasteiger partial charge in [-0.15, -0.1) is 0 Å². The van der Waals surface area contributed by atoms with E-state index in [4.69, 9.17) is 0 Å². The van der Waals surface area contributed by atoms with E-state index in [1.807, 2.05) is 0 Å². The third-order valence-electron chi connectivity index (χ3n) is 3.61. The molecular formula is C16H15FN2O3S. The van der Waals surface area contributed by atoms with E-state index in [0.717, 1.165) is 12.5 Å². The average molecular weight is 334 g/mol. The van der Waals surface area contributed by atoms with E-state index in [0.29, 0.717) is 18.7 Å². The van der Waals surface area contributed by atoms with Crippen LogP contribution in [0.4, 0.5) is 15.8 Å². The highest BCUT2D eigenvalue weighted by molar-refractivity contribution is 7.92. The van der Waals surface area contributed by atoms with E-state index < -0.39 is 20.7 Å². The first kappa shape index (κ1) is 15.5. The van der Waals surface area contributed by atoms with Crippen molar-refractivity contribution < 1.29 is 17.6 Å². The van der Waals surface area contributed by atoms with Crippen LogP contribution >= 0.6 is 0 Å². The van der Waals surface area contributed by atoms with Gasteiger partial charge in [-0.1, -0.05) is 18.2 Å². The molecule has 0 unspecified atom stereocenters. The summed E-state index contributed by atoms with van der Waals surface area (Å²) < 4.78 is 40.6. The van der Waals surface area contributed by atoms with Crippen LogP contribution in [0.1, 0.15) is 12.8 Å². The summed E-state index contributed by atoms with van der Waals surface area (Å²) in [4.78, 5) is 13.0. The van der Waals surface area contributed by atoms with Gasteiger partial charge in [-0.05, 0) is 36.8 Å². The summed E-state index contributed by atoms with van der Waals surface area (Å²) in [5.74, 6) is -0.801. The lowest BCUT2D eigenvalue weighted by Crippen LogP contribution is -2.23. The zero-order valence-corrected chi connectivity index (χ0v) is 13.0. The van der Waals surface area contributed by atoms with Crippen molar-refractivity contribution >= 4 is 27.3 Å². The highest BCUT2D eigenvalue weighted by Gasteiger charge is 2.23. The molecule has 0 aromatic heterocycles. The van der Waals surface area contributed by atoms with Gasteiger partial charge in [-0.25, -0.2) is 12.8 Å². The SMILES string of the molecule is O=C1CCCN1c1cccc(NS(=O)(=O)c2ccccc2F)c1. The van der Waals surface area contributed by atoms with Crippen LogP contribution < -0.4 is 9.62 Å². The second-order valence-corrected chi connectivity index (χ2v) is 6.89. The third-order valence-corrected chi connectivity index (χ3v) is 5.02. The van der Waals surface area contributed by atoms with Gasteiger partial charge < -0.3 is 4.90 Å². The lowest BCUT2D eigenvalue weighted by molar-refractivity contribution is -0.117. The lowest BCUT2D eigenvalue weighted by Gasteiger charge is -2.17. The largest absolute Gasteiger partial charge is 0.312 e. The Kier molecular flexibility index (Phi) is 4.04. The number of benzene rings is 2. The van der Waals surface area contributed by atoms with Crippen LogP contribution in [-0.4, -0.2) is 20.9 Å². The van der Waals surface area contributed by atoms with Gasteiger partial charge in [0.25, 0.3) is 10.0 Å². The number of rotatable bonds is 4. The maximum atomic E-state index is 13.7. The molecule has 7 heteroatoms. The topological polar surface area (TPSA) is 66.5 Å². The molecule has 1 heterocycles. The molecule has 0 aliphatic carbocycles. The van der Waals surface area contributed by atoms with Crippen LogP contribution in [0.3, 0.4) is 0 Å². The number of carbonyl (C=O) groups excluding carboxylic acids is 1. The van der Waals surface area contributed by atoms with Gasteiger partial charge in [-0.2, -0.15) is 0 Å². The van der Waals surface area contributed by atoms with E-state index in [1.165, 1.54) is 18.2 Å². The number of nitrogens with zero attached hydrogens (tertiary/aromatic N) is 1. The molecule has 1 amide bonds. The molecule has 1 aliphatic heterocycles. The number of nitrogens with one attached hydrogen (secondary N) is 1. The monoisotopic (exact) mass is 334 g/mol. The Morgan fingerprint density at radius 2 is 1.87 bits per heavy atom. The van der Waals surface area contributed by atoms with Crippen LogP contribution in [0.5, 0.6) is 0 Å². The highest BCUT2D eigenvalue weighted by atomic mass is 32.2. The van der Waals surface area contributed by atoms with Gasteiger partial charge in [0, 0.05) is 18.7 Å². The van der Waals surface area contributed by atoms with Crippen LogP contribution in [0, 0.1) is 5.82 Å². The number of hydrogen-bond acceptors (Lipinski definition) is 3. The van der Waals surface area contributed by atoms with Gasteiger partial charge in [0.1, 0.15) is 10.7 Å². The Labute approximate surface area is 133 Å². The molecule has 1 saturated heterocycles. The van der Waals surface area contributed by atoms with Crippen molar-refractivity contribution in [1.82, 2.24) is 0 Å². The van der Waals surface area contributed by atoms with E-state index >= 15 is 0 Å². The number of carbonyl (C=O) groups is 1. The zero-order valence-electron chi connectivity index (χ0n) is 12.2. The number of anilines is 2. The van der Waals surface area contributed by atoms with Crippen molar-refractivity contribution in [3.8, 4) is 0 Å². The van der Waals surface area contributed by atoms with Gasteiger partial charge in [0.05, 0.1) is 5.69 Å². The summed E-state index contributed by atoms with van der Waals surface area (Å²) in [7, 11) is -4.03. The molecule has 3 rings (SSSR count). The van der Waals surface area contributed by atoms with Crippen molar-refractivity contribution in [2.24, 2.45) is 0 Å². The first-order valence-corrected chi connectivity index (χ1v) is 8.63. The lowest BCUT2D eigenvalue weighted by atomic mass is 10.2. The Hall–Kier alpha value is -2.41.